The largest absolute Gasteiger partial charge is 0.460 e. The topological polar surface area (TPSA) is 84.5 Å². The van der Waals surface area contributed by atoms with Crippen molar-refractivity contribution in [2.24, 2.45) is 5.92 Å². The van der Waals surface area contributed by atoms with Crippen LogP contribution in [0.25, 0.3) is 0 Å². The Hall–Kier alpha value is -1.59. The van der Waals surface area contributed by atoms with Crippen LogP contribution in [0.5, 0.6) is 0 Å². The highest BCUT2D eigenvalue weighted by Crippen LogP contribution is 2.08. The molecule has 0 bridgehead atoms. The van der Waals surface area contributed by atoms with Gasteiger partial charge in [-0.2, -0.15) is 0 Å². The molecule has 0 heterocycles. The van der Waals surface area contributed by atoms with Crippen LogP contribution in [0.4, 0.5) is 0 Å². The molecule has 122 valence electrons. The molecule has 6 nitrogen and oxygen atoms in total. The Bertz CT molecular complexity index is 359. The van der Waals surface area contributed by atoms with Crippen LogP contribution in [0.2, 0.25) is 0 Å². The fraction of sp³-hybridized carbons (Fsp3) is 0.800. The molecule has 0 atom stereocenters. The lowest BCUT2D eigenvalue weighted by Crippen LogP contribution is -2.32. The van der Waals surface area contributed by atoms with E-state index in [0.29, 0.717) is 12.5 Å². The Kier molecular flexibility index (Phi) is 8.66. The molecule has 0 rings (SSSR count). The van der Waals surface area contributed by atoms with Crippen LogP contribution in [-0.2, 0) is 19.1 Å². The van der Waals surface area contributed by atoms with E-state index in [0.717, 1.165) is 0 Å². The molecule has 0 spiro atoms. The second kappa shape index (κ2) is 9.37. The zero-order valence-electron chi connectivity index (χ0n) is 13.7. The highest BCUT2D eigenvalue weighted by Gasteiger charge is 2.17. The van der Waals surface area contributed by atoms with Crippen molar-refractivity contribution in [1.82, 2.24) is 10.6 Å². The first-order chi connectivity index (χ1) is 9.60. The number of ether oxygens (including phenoxy) is 1. The molecule has 2 amide bonds. The number of esters is 1. The van der Waals surface area contributed by atoms with E-state index >= 15 is 0 Å². The summed E-state index contributed by atoms with van der Waals surface area (Å²) in [5.41, 5.74) is -0.540. The molecule has 6 heteroatoms. The molecular formula is C15H28N2O4. The van der Waals surface area contributed by atoms with E-state index < -0.39 is 11.6 Å². The minimum absolute atomic E-state index is 0.0443. The quantitative estimate of drug-likeness (QED) is 0.663. The van der Waals surface area contributed by atoms with Gasteiger partial charge < -0.3 is 15.4 Å². The van der Waals surface area contributed by atoms with Gasteiger partial charge in [-0.15, -0.1) is 0 Å². The van der Waals surface area contributed by atoms with Gasteiger partial charge in [0.1, 0.15) is 5.60 Å². The van der Waals surface area contributed by atoms with E-state index in [1.165, 1.54) is 0 Å². The van der Waals surface area contributed by atoms with Gasteiger partial charge in [0.05, 0.1) is 6.42 Å². The molecule has 0 unspecified atom stereocenters. The third kappa shape index (κ3) is 13.2. The molecule has 0 saturated carbocycles. The number of carbonyl (C=O) groups is 3. The normalized spacial score (nSPS) is 11.1. The summed E-state index contributed by atoms with van der Waals surface area (Å²) in [7, 11) is 0. The van der Waals surface area contributed by atoms with E-state index in [1.807, 2.05) is 13.8 Å². The molecule has 0 aromatic carbocycles. The fourth-order valence-corrected chi connectivity index (χ4v) is 1.42. The summed E-state index contributed by atoms with van der Waals surface area (Å²) in [5, 5.41) is 5.38. The Morgan fingerprint density at radius 2 is 1.52 bits per heavy atom. The summed E-state index contributed by atoms with van der Waals surface area (Å²) in [6, 6.07) is 0. The number of carbonyl (C=O) groups excluding carboxylic acids is 3. The number of hydrogen-bond donors (Lipinski definition) is 2. The maximum absolute atomic E-state index is 11.5. The molecule has 0 aromatic rings. The lowest BCUT2D eigenvalue weighted by Gasteiger charge is -2.19. The molecule has 0 radical (unpaired) electrons. The Morgan fingerprint density at radius 1 is 0.952 bits per heavy atom. The number of rotatable bonds is 8. The molecule has 0 aliphatic rings. The van der Waals surface area contributed by atoms with Crippen LogP contribution >= 0.6 is 0 Å². The average Bonchev–Trinajstić information content (AvgIpc) is 2.32. The lowest BCUT2D eigenvalue weighted by atomic mass is 10.2. The fourth-order valence-electron chi connectivity index (χ4n) is 1.42. The zero-order valence-corrected chi connectivity index (χ0v) is 13.7. The first kappa shape index (κ1) is 19.4. The van der Waals surface area contributed by atoms with Crippen molar-refractivity contribution < 1.29 is 19.1 Å². The SMILES string of the molecule is CC(C)CNC(=O)CCNC(=O)CCC(=O)OC(C)(C)C. The summed E-state index contributed by atoms with van der Waals surface area (Å²) in [6.07, 6.45) is 0.357. The van der Waals surface area contributed by atoms with Crippen LogP contribution in [0.15, 0.2) is 0 Å². The van der Waals surface area contributed by atoms with Crippen molar-refractivity contribution in [3.8, 4) is 0 Å². The predicted octanol–water partition coefficient (Wildman–Crippen LogP) is 1.39. The second-order valence-corrected chi connectivity index (χ2v) is 6.38. The highest BCUT2D eigenvalue weighted by molar-refractivity contribution is 5.82. The van der Waals surface area contributed by atoms with Gasteiger partial charge in [0.15, 0.2) is 0 Å². The monoisotopic (exact) mass is 300 g/mol. The van der Waals surface area contributed by atoms with Crippen molar-refractivity contribution in [3.63, 3.8) is 0 Å². The maximum atomic E-state index is 11.5. The first-order valence-corrected chi connectivity index (χ1v) is 7.35. The average molecular weight is 300 g/mol. The maximum Gasteiger partial charge on any atom is 0.306 e. The molecular weight excluding hydrogens is 272 g/mol. The molecule has 0 aliphatic heterocycles. The Morgan fingerprint density at radius 3 is 2.05 bits per heavy atom. The molecule has 0 fully saturated rings. The molecule has 0 aliphatic carbocycles. The summed E-state index contributed by atoms with van der Waals surface area (Å²) in [5.74, 6) is -0.335. The van der Waals surface area contributed by atoms with E-state index in [1.54, 1.807) is 20.8 Å². The van der Waals surface area contributed by atoms with Gasteiger partial charge in [-0.3, -0.25) is 14.4 Å². The summed E-state index contributed by atoms with van der Waals surface area (Å²) in [6.45, 7) is 10.3. The van der Waals surface area contributed by atoms with Crippen molar-refractivity contribution in [2.75, 3.05) is 13.1 Å². The summed E-state index contributed by atoms with van der Waals surface area (Å²) < 4.78 is 5.10. The second-order valence-electron chi connectivity index (χ2n) is 6.38. The van der Waals surface area contributed by atoms with Crippen LogP contribution in [0.3, 0.4) is 0 Å². The first-order valence-electron chi connectivity index (χ1n) is 7.35. The predicted molar refractivity (Wildman–Crippen MR) is 80.6 cm³/mol. The Labute approximate surface area is 127 Å². The third-order valence-electron chi connectivity index (χ3n) is 2.36. The van der Waals surface area contributed by atoms with Crippen molar-refractivity contribution >= 4 is 17.8 Å². The smallest absolute Gasteiger partial charge is 0.306 e. The van der Waals surface area contributed by atoms with E-state index in [9.17, 15) is 14.4 Å². The molecule has 21 heavy (non-hydrogen) atoms. The summed E-state index contributed by atoms with van der Waals surface area (Å²) >= 11 is 0. The summed E-state index contributed by atoms with van der Waals surface area (Å²) in [4.78, 5) is 34.4. The van der Waals surface area contributed by atoms with Gasteiger partial charge in [-0.05, 0) is 26.7 Å². The minimum Gasteiger partial charge on any atom is -0.460 e. The lowest BCUT2D eigenvalue weighted by molar-refractivity contribution is -0.155. The molecule has 2 N–H and O–H groups in total. The van der Waals surface area contributed by atoms with Gasteiger partial charge >= 0.3 is 5.97 Å². The van der Waals surface area contributed by atoms with Gasteiger partial charge in [-0.25, -0.2) is 0 Å². The van der Waals surface area contributed by atoms with Crippen LogP contribution in [0.1, 0.15) is 53.9 Å². The number of amides is 2. The van der Waals surface area contributed by atoms with Gasteiger partial charge in [0.25, 0.3) is 0 Å². The van der Waals surface area contributed by atoms with Crippen LogP contribution in [0, 0.1) is 5.92 Å². The van der Waals surface area contributed by atoms with E-state index in [4.69, 9.17) is 4.74 Å². The minimum atomic E-state index is -0.540. The third-order valence-corrected chi connectivity index (χ3v) is 2.36. The van der Waals surface area contributed by atoms with E-state index in [2.05, 4.69) is 10.6 Å². The molecule has 0 saturated heterocycles. The number of nitrogens with one attached hydrogen (secondary N) is 2. The highest BCUT2D eigenvalue weighted by atomic mass is 16.6. The van der Waals surface area contributed by atoms with Gasteiger partial charge in [0, 0.05) is 25.9 Å². The van der Waals surface area contributed by atoms with Crippen molar-refractivity contribution in [2.45, 2.75) is 59.5 Å². The van der Waals surface area contributed by atoms with Crippen LogP contribution in [-0.4, -0.2) is 36.5 Å². The van der Waals surface area contributed by atoms with E-state index in [-0.39, 0.29) is 37.6 Å². The number of hydrogen-bond acceptors (Lipinski definition) is 4. The zero-order chi connectivity index (χ0) is 16.5. The Balaban J connectivity index is 3.72. The van der Waals surface area contributed by atoms with Gasteiger partial charge in [-0.1, -0.05) is 13.8 Å². The van der Waals surface area contributed by atoms with Gasteiger partial charge in [0.2, 0.25) is 11.8 Å². The standard InChI is InChI=1S/C15H28N2O4/c1-11(2)10-17-13(19)8-9-16-12(18)6-7-14(20)21-15(3,4)5/h11H,6-10H2,1-5H3,(H,16,18)(H,17,19). The van der Waals surface area contributed by atoms with Crippen molar-refractivity contribution in [1.29, 1.82) is 0 Å². The van der Waals surface area contributed by atoms with Crippen molar-refractivity contribution in [3.05, 3.63) is 0 Å². The molecule has 0 aromatic heterocycles. The van der Waals surface area contributed by atoms with Crippen LogP contribution < -0.4 is 10.6 Å².